The summed E-state index contributed by atoms with van der Waals surface area (Å²) in [5.74, 6) is 0. The Kier molecular flexibility index (Phi) is 189. The summed E-state index contributed by atoms with van der Waals surface area (Å²) in [5, 5.41) is 0. The lowest BCUT2D eigenvalue weighted by Gasteiger charge is -2.01. The van der Waals surface area contributed by atoms with Crippen LogP contribution in [-0.2, 0) is 9.47 Å². The number of hydrogen-bond donors (Lipinski definition) is 0. The molecule has 0 aromatic carbocycles. The first-order valence-electron chi connectivity index (χ1n) is 9.99. The molecule has 0 aliphatic rings. The lowest BCUT2D eigenvalue weighted by molar-refractivity contribution is -0.167. The van der Waals surface area contributed by atoms with Gasteiger partial charge in [0.2, 0.25) is 0 Å². The first-order chi connectivity index (χ1) is 14.1. The van der Waals surface area contributed by atoms with Crippen molar-refractivity contribution >= 4 is 0 Å². The maximum atomic E-state index is 10.9. The van der Waals surface area contributed by atoms with Gasteiger partial charge >= 0.3 is 12.4 Å². The minimum atomic E-state index is -4.17. The number of hydrogen-bond acceptors (Lipinski definition) is 2. The molecular weight excluding hydrogens is 424 g/mol. The Morgan fingerprint density at radius 2 is 0.500 bits per heavy atom. The van der Waals surface area contributed by atoms with Gasteiger partial charge in [-0.1, -0.05) is 83.1 Å². The fourth-order valence-corrected chi connectivity index (χ4v) is 0.327. The standard InChI is InChI=1S/2C3H5F3O.6C2H6.2CH3F/c2*1-7-2-3(4,5)6;8*1-2/h2*2H2,1H3;6*1-2H3;2*1H3. The molecule has 0 atom stereocenters. The van der Waals surface area contributed by atoms with Gasteiger partial charge in [-0.3, -0.25) is 8.78 Å². The van der Waals surface area contributed by atoms with Gasteiger partial charge in [-0.15, -0.1) is 0 Å². The van der Waals surface area contributed by atoms with Crippen molar-refractivity contribution in [2.75, 3.05) is 41.8 Å². The van der Waals surface area contributed by atoms with Crippen LogP contribution in [0.4, 0.5) is 35.1 Å². The summed E-state index contributed by atoms with van der Waals surface area (Å²) in [6.45, 7) is 21.7. The summed E-state index contributed by atoms with van der Waals surface area (Å²) in [7, 11) is 3.01. The molecular formula is C20H52F8O2. The predicted molar refractivity (Wildman–Crippen MR) is 118 cm³/mol. The van der Waals surface area contributed by atoms with Crippen molar-refractivity contribution in [1.82, 2.24) is 0 Å². The maximum absolute atomic E-state index is 10.9. The lowest BCUT2D eigenvalue weighted by Crippen LogP contribution is -2.14. The van der Waals surface area contributed by atoms with Crippen LogP contribution in [0, 0.1) is 0 Å². The van der Waals surface area contributed by atoms with Crippen LogP contribution in [0.3, 0.4) is 0 Å². The highest BCUT2D eigenvalue weighted by atomic mass is 19.4. The molecule has 0 saturated carbocycles. The fraction of sp³-hybridized carbons (Fsp3) is 1.00. The Hall–Kier alpha value is -0.640. The summed E-state index contributed by atoms with van der Waals surface area (Å²) < 4.78 is 92.1. The molecule has 0 saturated heterocycles. The topological polar surface area (TPSA) is 18.5 Å². The summed E-state index contributed by atoms with van der Waals surface area (Å²) >= 11 is 0. The van der Waals surface area contributed by atoms with Crippen LogP contribution in [0.5, 0.6) is 0 Å². The van der Waals surface area contributed by atoms with Crippen molar-refractivity contribution in [3.63, 3.8) is 0 Å². The van der Waals surface area contributed by atoms with E-state index in [1.54, 1.807) is 0 Å². The van der Waals surface area contributed by atoms with E-state index in [9.17, 15) is 35.1 Å². The SMILES string of the molecule is CC.CC.CC.CC.CC.CC.CF.CF.COCC(F)(F)F.COCC(F)(F)F. The molecule has 30 heavy (non-hydrogen) atoms. The molecule has 0 rings (SSSR count). The highest BCUT2D eigenvalue weighted by Gasteiger charge is 2.26. The van der Waals surface area contributed by atoms with Gasteiger partial charge < -0.3 is 9.47 Å². The maximum Gasteiger partial charge on any atom is 0.411 e. The largest absolute Gasteiger partial charge is 0.411 e. The van der Waals surface area contributed by atoms with Crippen LogP contribution in [-0.4, -0.2) is 54.1 Å². The molecule has 0 unspecified atom stereocenters. The van der Waals surface area contributed by atoms with Crippen molar-refractivity contribution in [1.29, 1.82) is 0 Å². The zero-order valence-electron chi connectivity index (χ0n) is 22.3. The second kappa shape index (κ2) is 90.0. The molecule has 0 fully saturated rings. The number of ether oxygens (including phenoxy) is 2. The number of halogens is 8. The molecule has 0 aromatic heterocycles. The molecule has 0 aromatic rings. The lowest BCUT2D eigenvalue weighted by atomic mass is 10.7. The number of methoxy groups -OCH3 is 2. The Morgan fingerprint density at radius 3 is 0.500 bits per heavy atom. The molecule has 10 heteroatoms. The normalized spacial score (nSPS) is 7.20. The van der Waals surface area contributed by atoms with E-state index < -0.39 is 25.6 Å². The minimum absolute atomic E-state index is 0.500. The minimum Gasteiger partial charge on any atom is -0.375 e. The van der Waals surface area contributed by atoms with Crippen LogP contribution in [0.15, 0.2) is 0 Å². The molecule has 200 valence electrons. The van der Waals surface area contributed by atoms with Gasteiger partial charge in [0, 0.05) is 14.2 Å². The quantitative estimate of drug-likeness (QED) is 0.369. The summed E-state index contributed by atoms with van der Waals surface area (Å²) in [4.78, 5) is 0. The van der Waals surface area contributed by atoms with E-state index in [1.807, 2.05) is 83.1 Å². The van der Waals surface area contributed by atoms with Gasteiger partial charge in [-0.25, -0.2) is 0 Å². The van der Waals surface area contributed by atoms with Crippen molar-refractivity contribution in [2.45, 2.75) is 95.4 Å². The second-order valence-electron chi connectivity index (χ2n) is 2.10. The molecule has 0 N–H and O–H groups in total. The Labute approximate surface area is 182 Å². The van der Waals surface area contributed by atoms with Gasteiger partial charge in [0.15, 0.2) is 0 Å². The first-order valence-corrected chi connectivity index (χ1v) is 9.99. The van der Waals surface area contributed by atoms with Crippen molar-refractivity contribution < 1.29 is 44.6 Å². The third kappa shape index (κ3) is 351. The first kappa shape index (κ1) is 63.0. The van der Waals surface area contributed by atoms with Gasteiger partial charge in [-0.05, 0) is 0 Å². The Bertz CT molecular complexity index is 128. The van der Waals surface area contributed by atoms with Crippen LogP contribution in [0.2, 0.25) is 0 Å². The van der Waals surface area contributed by atoms with E-state index in [2.05, 4.69) is 9.47 Å². The van der Waals surface area contributed by atoms with Crippen molar-refractivity contribution in [3.8, 4) is 0 Å². The van der Waals surface area contributed by atoms with E-state index in [0.717, 1.165) is 14.2 Å². The van der Waals surface area contributed by atoms with Gasteiger partial charge in [-0.2, -0.15) is 26.3 Å². The molecule has 0 aliphatic carbocycles. The molecule has 0 amide bonds. The van der Waals surface area contributed by atoms with E-state index in [-0.39, 0.29) is 0 Å². The van der Waals surface area contributed by atoms with Gasteiger partial charge in [0.05, 0.1) is 14.4 Å². The van der Waals surface area contributed by atoms with Gasteiger partial charge in [0.25, 0.3) is 0 Å². The monoisotopic (exact) mass is 476 g/mol. The third-order valence-electron chi connectivity index (χ3n) is 0.616. The molecule has 0 spiro atoms. The Morgan fingerprint density at radius 1 is 0.400 bits per heavy atom. The van der Waals surface area contributed by atoms with Gasteiger partial charge in [0.1, 0.15) is 13.2 Å². The fourth-order valence-electron chi connectivity index (χ4n) is 0.327. The smallest absolute Gasteiger partial charge is 0.375 e. The zero-order chi connectivity index (χ0) is 27.8. The summed E-state index contributed by atoms with van der Waals surface area (Å²) in [5.41, 5.74) is 0. The van der Waals surface area contributed by atoms with Crippen molar-refractivity contribution in [3.05, 3.63) is 0 Å². The van der Waals surface area contributed by atoms with E-state index in [0.29, 0.717) is 14.4 Å². The van der Waals surface area contributed by atoms with Crippen LogP contribution in [0.1, 0.15) is 83.1 Å². The molecule has 0 aliphatic heterocycles. The zero-order valence-corrected chi connectivity index (χ0v) is 22.3. The molecule has 0 bridgehead atoms. The molecule has 0 radical (unpaired) electrons. The van der Waals surface area contributed by atoms with Crippen LogP contribution in [0.25, 0.3) is 0 Å². The van der Waals surface area contributed by atoms with Crippen LogP contribution >= 0.6 is 0 Å². The Balaban J connectivity index is -0.0000000202. The molecule has 0 heterocycles. The second-order valence-corrected chi connectivity index (χ2v) is 2.10. The van der Waals surface area contributed by atoms with E-state index in [4.69, 9.17) is 0 Å². The number of rotatable bonds is 2. The predicted octanol–water partition coefficient (Wildman–Crippen LogP) is 9.72. The van der Waals surface area contributed by atoms with E-state index in [1.165, 1.54) is 0 Å². The average molecular weight is 477 g/mol. The highest BCUT2D eigenvalue weighted by molar-refractivity contribution is 4.42. The number of alkyl halides is 8. The highest BCUT2D eigenvalue weighted by Crippen LogP contribution is 2.13. The third-order valence-corrected chi connectivity index (χ3v) is 0.616. The summed E-state index contributed by atoms with van der Waals surface area (Å²) in [6.07, 6.45) is -8.34. The van der Waals surface area contributed by atoms with Crippen molar-refractivity contribution in [2.24, 2.45) is 0 Å². The molecule has 2 nitrogen and oxygen atoms in total. The van der Waals surface area contributed by atoms with Crippen LogP contribution < -0.4 is 0 Å². The average Bonchev–Trinajstić information content (AvgIpc) is 2.78. The van der Waals surface area contributed by atoms with E-state index >= 15 is 0 Å². The summed E-state index contributed by atoms with van der Waals surface area (Å²) in [6, 6.07) is 0.